The lowest BCUT2D eigenvalue weighted by Crippen LogP contribution is -2.23. The number of imidazole rings is 1. The molecule has 0 saturated heterocycles. The predicted octanol–water partition coefficient (Wildman–Crippen LogP) is 1.83. The van der Waals surface area contributed by atoms with Gasteiger partial charge in [0.25, 0.3) is 0 Å². The molecule has 2 aromatic heterocycles. The van der Waals surface area contributed by atoms with Crippen molar-refractivity contribution in [1.82, 2.24) is 20.2 Å². The highest BCUT2D eigenvalue weighted by Gasteiger charge is 2.35. The standard InChI is InChI=1S/C13H15N5O2/c1-2-3-8-11(13(19)20)10(9-5-14-6-15-9)7-4-16-18-12(7)17-8/h4-6,10H,2-3H2,1H3,(H,14,15)(H,19,20)(H2,16,17,18). The summed E-state index contributed by atoms with van der Waals surface area (Å²) in [6, 6.07) is 0. The first-order valence-corrected chi connectivity index (χ1v) is 6.47. The van der Waals surface area contributed by atoms with Crippen LogP contribution >= 0.6 is 0 Å². The van der Waals surface area contributed by atoms with E-state index < -0.39 is 5.97 Å². The molecule has 0 bridgehead atoms. The summed E-state index contributed by atoms with van der Waals surface area (Å²) in [6.45, 7) is 2.02. The second-order valence-corrected chi connectivity index (χ2v) is 4.71. The number of fused-ring (bicyclic) bond motifs is 1. The molecule has 1 atom stereocenters. The Hall–Kier alpha value is -2.57. The zero-order valence-electron chi connectivity index (χ0n) is 11.0. The average molecular weight is 273 g/mol. The van der Waals surface area contributed by atoms with E-state index in [9.17, 15) is 9.90 Å². The highest BCUT2D eigenvalue weighted by molar-refractivity contribution is 5.92. The Morgan fingerprint density at radius 1 is 1.45 bits per heavy atom. The molecule has 7 heteroatoms. The van der Waals surface area contributed by atoms with Gasteiger partial charge in [-0.2, -0.15) is 5.10 Å². The number of nitrogens with zero attached hydrogens (tertiary/aromatic N) is 2. The van der Waals surface area contributed by atoms with Crippen LogP contribution in [0.15, 0.2) is 30.0 Å². The van der Waals surface area contributed by atoms with Crippen LogP contribution in [-0.2, 0) is 4.79 Å². The summed E-state index contributed by atoms with van der Waals surface area (Å²) in [5.41, 5.74) is 2.63. The SMILES string of the molecule is CCCC1=C(C(=O)O)C(c2cnc[nH]2)c2cn[nH]c2N1. The number of aromatic amines is 2. The van der Waals surface area contributed by atoms with E-state index in [2.05, 4.69) is 25.5 Å². The van der Waals surface area contributed by atoms with Gasteiger partial charge < -0.3 is 15.4 Å². The number of nitrogens with one attached hydrogen (secondary N) is 3. The van der Waals surface area contributed by atoms with Crippen LogP contribution in [0.5, 0.6) is 0 Å². The van der Waals surface area contributed by atoms with Gasteiger partial charge in [-0.15, -0.1) is 0 Å². The quantitative estimate of drug-likeness (QED) is 0.680. The van der Waals surface area contributed by atoms with Gasteiger partial charge in [-0.3, -0.25) is 5.10 Å². The molecule has 0 radical (unpaired) electrons. The average Bonchev–Trinajstić information content (AvgIpc) is 3.08. The second kappa shape index (κ2) is 4.84. The number of aromatic nitrogens is 4. The highest BCUT2D eigenvalue weighted by Crippen LogP contribution is 2.40. The number of allylic oxidation sites excluding steroid dienone is 1. The van der Waals surface area contributed by atoms with Gasteiger partial charge in [0, 0.05) is 23.2 Å². The Kier molecular flexibility index (Phi) is 3.02. The molecule has 0 aliphatic carbocycles. The summed E-state index contributed by atoms with van der Waals surface area (Å²) in [4.78, 5) is 18.7. The molecule has 1 aliphatic rings. The number of rotatable bonds is 4. The van der Waals surface area contributed by atoms with Gasteiger partial charge in [0.1, 0.15) is 5.82 Å². The molecule has 20 heavy (non-hydrogen) atoms. The van der Waals surface area contributed by atoms with E-state index in [0.717, 1.165) is 29.2 Å². The summed E-state index contributed by atoms with van der Waals surface area (Å²) in [7, 11) is 0. The molecule has 0 aromatic carbocycles. The van der Waals surface area contributed by atoms with Crippen LogP contribution in [0, 0.1) is 0 Å². The Morgan fingerprint density at radius 3 is 2.95 bits per heavy atom. The number of carbonyl (C=O) groups is 1. The molecule has 3 heterocycles. The lowest BCUT2D eigenvalue weighted by Gasteiger charge is -2.26. The predicted molar refractivity (Wildman–Crippen MR) is 72.2 cm³/mol. The minimum atomic E-state index is -0.924. The fourth-order valence-corrected chi connectivity index (χ4v) is 2.61. The van der Waals surface area contributed by atoms with Crippen molar-refractivity contribution in [1.29, 1.82) is 0 Å². The zero-order valence-corrected chi connectivity index (χ0v) is 11.0. The van der Waals surface area contributed by atoms with Gasteiger partial charge in [0.05, 0.1) is 24.0 Å². The molecule has 104 valence electrons. The maximum Gasteiger partial charge on any atom is 0.334 e. The van der Waals surface area contributed by atoms with E-state index in [1.165, 1.54) is 0 Å². The lowest BCUT2D eigenvalue weighted by molar-refractivity contribution is -0.133. The molecule has 4 N–H and O–H groups in total. The molecule has 7 nitrogen and oxygen atoms in total. The second-order valence-electron chi connectivity index (χ2n) is 4.71. The lowest BCUT2D eigenvalue weighted by atomic mass is 9.85. The van der Waals surface area contributed by atoms with Crippen LogP contribution in [0.3, 0.4) is 0 Å². The van der Waals surface area contributed by atoms with Crippen LogP contribution in [0.4, 0.5) is 5.82 Å². The van der Waals surface area contributed by atoms with Crippen molar-refractivity contribution in [2.45, 2.75) is 25.7 Å². The third kappa shape index (κ3) is 1.87. The third-order valence-corrected chi connectivity index (χ3v) is 3.43. The monoisotopic (exact) mass is 273 g/mol. The molecule has 3 rings (SSSR count). The number of carboxylic acid groups (broad SMARTS) is 1. The Bertz CT molecular complexity index is 656. The van der Waals surface area contributed by atoms with Gasteiger partial charge in [-0.25, -0.2) is 9.78 Å². The first-order chi connectivity index (χ1) is 9.72. The van der Waals surface area contributed by atoms with Crippen LogP contribution in [0.2, 0.25) is 0 Å². The van der Waals surface area contributed by atoms with Gasteiger partial charge >= 0.3 is 5.97 Å². The van der Waals surface area contributed by atoms with E-state index in [4.69, 9.17) is 0 Å². The maximum atomic E-state index is 11.7. The summed E-state index contributed by atoms with van der Waals surface area (Å²) >= 11 is 0. The van der Waals surface area contributed by atoms with Gasteiger partial charge in [0.15, 0.2) is 0 Å². The topological polar surface area (TPSA) is 107 Å². The molecule has 2 aromatic rings. The number of aliphatic carboxylic acids is 1. The van der Waals surface area contributed by atoms with Crippen LogP contribution in [-0.4, -0.2) is 31.2 Å². The van der Waals surface area contributed by atoms with E-state index in [-0.39, 0.29) is 5.92 Å². The van der Waals surface area contributed by atoms with Crippen molar-refractivity contribution in [3.63, 3.8) is 0 Å². The molecule has 1 unspecified atom stereocenters. The van der Waals surface area contributed by atoms with Crippen molar-refractivity contribution in [2.24, 2.45) is 0 Å². The van der Waals surface area contributed by atoms with Gasteiger partial charge in [0.2, 0.25) is 0 Å². The summed E-state index contributed by atoms with van der Waals surface area (Å²) in [5, 5.41) is 19.6. The van der Waals surface area contributed by atoms with Crippen molar-refractivity contribution in [3.05, 3.63) is 41.2 Å². The fraction of sp³-hybridized carbons (Fsp3) is 0.308. The van der Waals surface area contributed by atoms with Crippen LogP contribution in [0.25, 0.3) is 0 Å². The molecule has 0 saturated carbocycles. The number of H-pyrrole nitrogens is 2. The number of hydrogen-bond donors (Lipinski definition) is 4. The first-order valence-electron chi connectivity index (χ1n) is 6.47. The normalized spacial score (nSPS) is 17.8. The Balaban J connectivity index is 2.18. The van der Waals surface area contributed by atoms with E-state index in [1.807, 2.05) is 6.92 Å². The largest absolute Gasteiger partial charge is 0.478 e. The minimum Gasteiger partial charge on any atom is -0.478 e. The summed E-state index contributed by atoms with van der Waals surface area (Å²) in [5.74, 6) is -0.558. The molecular formula is C13H15N5O2. The zero-order chi connectivity index (χ0) is 14.1. The fourth-order valence-electron chi connectivity index (χ4n) is 2.61. The van der Waals surface area contributed by atoms with Crippen molar-refractivity contribution in [2.75, 3.05) is 5.32 Å². The highest BCUT2D eigenvalue weighted by atomic mass is 16.4. The maximum absolute atomic E-state index is 11.7. The summed E-state index contributed by atoms with van der Waals surface area (Å²) in [6.07, 6.45) is 6.39. The molecule has 0 spiro atoms. The molecule has 1 aliphatic heterocycles. The van der Waals surface area contributed by atoms with Crippen molar-refractivity contribution in [3.8, 4) is 0 Å². The third-order valence-electron chi connectivity index (χ3n) is 3.43. The van der Waals surface area contributed by atoms with E-state index in [1.54, 1.807) is 18.7 Å². The number of carboxylic acids is 1. The minimum absolute atomic E-state index is 0.352. The van der Waals surface area contributed by atoms with E-state index >= 15 is 0 Å². The van der Waals surface area contributed by atoms with Gasteiger partial charge in [-0.05, 0) is 6.42 Å². The first kappa shape index (κ1) is 12.5. The van der Waals surface area contributed by atoms with Crippen molar-refractivity contribution < 1.29 is 9.90 Å². The number of anilines is 1. The molecule has 0 fully saturated rings. The molecule has 0 amide bonds. The van der Waals surface area contributed by atoms with Crippen LogP contribution < -0.4 is 5.32 Å². The smallest absolute Gasteiger partial charge is 0.334 e. The summed E-state index contributed by atoms with van der Waals surface area (Å²) < 4.78 is 0. The Morgan fingerprint density at radius 2 is 2.30 bits per heavy atom. The van der Waals surface area contributed by atoms with Crippen LogP contribution in [0.1, 0.15) is 36.9 Å². The van der Waals surface area contributed by atoms with Gasteiger partial charge in [-0.1, -0.05) is 13.3 Å². The van der Waals surface area contributed by atoms with E-state index in [0.29, 0.717) is 12.0 Å². The van der Waals surface area contributed by atoms with Crippen molar-refractivity contribution >= 4 is 11.8 Å². The Labute approximate surface area is 115 Å². The number of hydrogen-bond acceptors (Lipinski definition) is 4. The molecular weight excluding hydrogens is 258 g/mol.